The van der Waals surface area contributed by atoms with Crippen molar-refractivity contribution in [3.63, 3.8) is 0 Å². The summed E-state index contributed by atoms with van der Waals surface area (Å²) in [5.41, 5.74) is 13.4. The molecule has 0 spiro atoms. The molecule has 0 aliphatic rings. The normalized spacial score (nSPS) is 9.95. The minimum absolute atomic E-state index is 0.382. The summed E-state index contributed by atoms with van der Waals surface area (Å²) < 4.78 is 0. The second-order valence-electron chi connectivity index (χ2n) is 3.94. The van der Waals surface area contributed by atoms with E-state index in [4.69, 9.17) is 23.1 Å². The van der Waals surface area contributed by atoms with Crippen LogP contribution in [-0.4, -0.2) is 6.03 Å². The molecule has 6 heteroatoms. The summed E-state index contributed by atoms with van der Waals surface area (Å²) >= 11 is 5.96. The zero-order valence-corrected chi connectivity index (χ0v) is 10.7. The number of carbonyl (C=O) groups is 1. The molecule has 0 fully saturated rings. The van der Waals surface area contributed by atoms with Crippen molar-refractivity contribution in [3.8, 4) is 0 Å². The number of urea groups is 1. The number of hydrogen-bond donors (Lipinski definition) is 4. The Balaban J connectivity index is 2.03. The quantitative estimate of drug-likeness (QED) is 0.635. The van der Waals surface area contributed by atoms with Gasteiger partial charge in [-0.2, -0.15) is 0 Å². The molecule has 98 valence electrons. The highest BCUT2D eigenvalue weighted by Crippen LogP contribution is 2.24. The van der Waals surface area contributed by atoms with Crippen LogP contribution in [0.1, 0.15) is 0 Å². The van der Waals surface area contributed by atoms with Crippen LogP contribution >= 0.6 is 11.6 Å². The maximum absolute atomic E-state index is 11.8. The van der Waals surface area contributed by atoms with Gasteiger partial charge in [-0.05, 0) is 42.5 Å². The molecule has 0 bridgehead atoms. The maximum atomic E-state index is 11.8. The Hall–Kier alpha value is -2.40. The topological polar surface area (TPSA) is 93.2 Å². The van der Waals surface area contributed by atoms with Gasteiger partial charge in [0.15, 0.2) is 0 Å². The van der Waals surface area contributed by atoms with Crippen molar-refractivity contribution in [1.29, 1.82) is 0 Å². The lowest BCUT2D eigenvalue weighted by atomic mass is 10.3. The number of benzene rings is 2. The Bertz CT molecular complexity index is 598. The van der Waals surface area contributed by atoms with E-state index in [1.165, 1.54) is 0 Å². The highest BCUT2D eigenvalue weighted by Gasteiger charge is 2.06. The first-order valence-corrected chi connectivity index (χ1v) is 5.91. The van der Waals surface area contributed by atoms with Gasteiger partial charge >= 0.3 is 6.03 Å². The third-order valence-electron chi connectivity index (χ3n) is 2.41. The Morgan fingerprint density at radius 3 is 2.21 bits per heavy atom. The van der Waals surface area contributed by atoms with Crippen LogP contribution in [0.25, 0.3) is 0 Å². The number of nitrogen functional groups attached to an aromatic ring is 2. The van der Waals surface area contributed by atoms with Crippen molar-refractivity contribution in [2.75, 3.05) is 22.1 Å². The van der Waals surface area contributed by atoms with Gasteiger partial charge in [0.05, 0.1) is 10.7 Å². The summed E-state index contributed by atoms with van der Waals surface area (Å²) in [7, 11) is 0. The fraction of sp³-hybridized carbons (Fsp3) is 0. The van der Waals surface area contributed by atoms with Crippen LogP contribution in [0.4, 0.5) is 27.5 Å². The SMILES string of the molecule is Nc1ccc(NC(=O)Nc2ccc(N)cc2Cl)cc1. The molecule has 0 aromatic heterocycles. The van der Waals surface area contributed by atoms with Crippen LogP contribution < -0.4 is 22.1 Å². The van der Waals surface area contributed by atoms with Gasteiger partial charge in [-0.25, -0.2) is 4.79 Å². The van der Waals surface area contributed by atoms with Gasteiger partial charge in [-0.3, -0.25) is 0 Å². The molecule has 2 amide bonds. The second-order valence-corrected chi connectivity index (χ2v) is 4.35. The van der Waals surface area contributed by atoms with E-state index >= 15 is 0 Å². The predicted molar refractivity (Wildman–Crippen MR) is 79.4 cm³/mol. The van der Waals surface area contributed by atoms with Gasteiger partial charge in [0, 0.05) is 17.1 Å². The molecule has 0 saturated carbocycles. The van der Waals surface area contributed by atoms with Crippen LogP contribution in [0.5, 0.6) is 0 Å². The molecule has 5 nitrogen and oxygen atoms in total. The molecule has 0 saturated heterocycles. The molecule has 0 aliphatic heterocycles. The number of halogens is 1. The first-order valence-electron chi connectivity index (χ1n) is 5.53. The van der Waals surface area contributed by atoms with E-state index < -0.39 is 6.03 Å². The second kappa shape index (κ2) is 5.49. The number of amides is 2. The van der Waals surface area contributed by atoms with Gasteiger partial charge in [0.25, 0.3) is 0 Å². The largest absolute Gasteiger partial charge is 0.399 e. The average molecular weight is 277 g/mol. The predicted octanol–water partition coefficient (Wildman–Crippen LogP) is 3.15. The molecule has 0 atom stereocenters. The first-order chi connectivity index (χ1) is 9.04. The standard InChI is InChI=1S/C13H13ClN4O/c14-11-7-9(16)3-6-12(11)18-13(19)17-10-4-1-8(15)2-5-10/h1-7H,15-16H2,(H2,17,18,19). The zero-order valence-electron chi connectivity index (χ0n) is 9.98. The van der Waals surface area contributed by atoms with Gasteiger partial charge in [0.2, 0.25) is 0 Å². The van der Waals surface area contributed by atoms with Crippen molar-refractivity contribution < 1.29 is 4.79 Å². The molecule has 6 N–H and O–H groups in total. The molecule has 2 aromatic carbocycles. The van der Waals surface area contributed by atoms with Crippen molar-refractivity contribution in [3.05, 3.63) is 47.5 Å². The fourth-order valence-electron chi connectivity index (χ4n) is 1.48. The van der Waals surface area contributed by atoms with Crippen LogP contribution in [-0.2, 0) is 0 Å². The number of anilines is 4. The van der Waals surface area contributed by atoms with E-state index in [1.54, 1.807) is 42.5 Å². The van der Waals surface area contributed by atoms with Crippen molar-refractivity contribution in [1.82, 2.24) is 0 Å². The van der Waals surface area contributed by atoms with Crippen molar-refractivity contribution in [2.24, 2.45) is 0 Å². The van der Waals surface area contributed by atoms with Gasteiger partial charge < -0.3 is 22.1 Å². The smallest absolute Gasteiger partial charge is 0.323 e. The molecule has 0 unspecified atom stereocenters. The number of nitrogens with two attached hydrogens (primary N) is 2. The third kappa shape index (κ3) is 3.53. The van der Waals surface area contributed by atoms with Crippen LogP contribution in [0, 0.1) is 0 Å². The Morgan fingerprint density at radius 2 is 1.58 bits per heavy atom. The molecule has 0 radical (unpaired) electrons. The lowest BCUT2D eigenvalue weighted by molar-refractivity contribution is 0.262. The van der Waals surface area contributed by atoms with Crippen LogP contribution in [0.15, 0.2) is 42.5 Å². The highest BCUT2D eigenvalue weighted by atomic mass is 35.5. The van der Waals surface area contributed by atoms with E-state index in [9.17, 15) is 4.79 Å². The Kier molecular flexibility index (Phi) is 3.77. The van der Waals surface area contributed by atoms with E-state index in [2.05, 4.69) is 10.6 Å². The summed E-state index contributed by atoms with van der Waals surface area (Å²) in [5, 5.41) is 5.68. The van der Waals surface area contributed by atoms with Crippen molar-refractivity contribution in [2.45, 2.75) is 0 Å². The molecule has 19 heavy (non-hydrogen) atoms. The first kappa shape index (κ1) is 13.0. The number of hydrogen-bond acceptors (Lipinski definition) is 3. The summed E-state index contributed by atoms with van der Waals surface area (Å²) in [6, 6.07) is 11.3. The molecular weight excluding hydrogens is 264 g/mol. The maximum Gasteiger partial charge on any atom is 0.323 e. The van der Waals surface area contributed by atoms with E-state index in [-0.39, 0.29) is 0 Å². The van der Waals surface area contributed by atoms with Gasteiger partial charge in [-0.1, -0.05) is 11.6 Å². The Morgan fingerprint density at radius 1 is 0.947 bits per heavy atom. The van der Waals surface area contributed by atoms with Crippen LogP contribution in [0.3, 0.4) is 0 Å². The number of carbonyl (C=O) groups excluding carboxylic acids is 1. The summed E-state index contributed by atoms with van der Waals surface area (Å²) in [4.78, 5) is 11.8. The van der Waals surface area contributed by atoms with Gasteiger partial charge in [-0.15, -0.1) is 0 Å². The molecule has 2 rings (SSSR count). The van der Waals surface area contributed by atoms with Gasteiger partial charge in [0.1, 0.15) is 0 Å². The average Bonchev–Trinajstić information content (AvgIpc) is 2.36. The number of rotatable bonds is 2. The van der Waals surface area contributed by atoms with E-state index in [1.807, 2.05) is 0 Å². The molecule has 2 aromatic rings. The van der Waals surface area contributed by atoms with E-state index in [0.717, 1.165) is 0 Å². The van der Waals surface area contributed by atoms with E-state index in [0.29, 0.717) is 27.8 Å². The summed E-state index contributed by atoms with van der Waals surface area (Å²) in [5.74, 6) is 0. The fourth-order valence-corrected chi connectivity index (χ4v) is 1.72. The lowest BCUT2D eigenvalue weighted by Gasteiger charge is -2.09. The molecular formula is C13H13ClN4O. The molecule has 0 heterocycles. The molecule has 0 aliphatic carbocycles. The highest BCUT2D eigenvalue weighted by molar-refractivity contribution is 6.34. The van der Waals surface area contributed by atoms with Crippen molar-refractivity contribution >= 4 is 40.4 Å². The minimum Gasteiger partial charge on any atom is -0.399 e. The summed E-state index contributed by atoms with van der Waals surface area (Å²) in [6.07, 6.45) is 0. The Labute approximate surface area is 115 Å². The minimum atomic E-state index is -0.392. The monoisotopic (exact) mass is 276 g/mol. The summed E-state index contributed by atoms with van der Waals surface area (Å²) in [6.45, 7) is 0. The zero-order chi connectivity index (χ0) is 13.8. The lowest BCUT2D eigenvalue weighted by Crippen LogP contribution is -2.19. The van der Waals surface area contributed by atoms with Crippen LogP contribution in [0.2, 0.25) is 5.02 Å². The third-order valence-corrected chi connectivity index (χ3v) is 2.72. The number of nitrogens with one attached hydrogen (secondary N) is 2.